The maximum Gasteiger partial charge on any atom is 0.155 e. The van der Waals surface area contributed by atoms with Crippen molar-refractivity contribution in [2.45, 2.75) is 64.2 Å². The van der Waals surface area contributed by atoms with Crippen molar-refractivity contribution >= 4 is 5.78 Å². The number of fused-ring (bicyclic) bond motifs is 7. The zero-order chi connectivity index (χ0) is 19.8. The van der Waals surface area contributed by atoms with Gasteiger partial charge in [-0.2, -0.15) is 15.0 Å². The minimum Gasteiger partial charge on any atom is -0.295 e. The van der Waals surface area contributed by atoms with Crippen molar-refractivity contribution < 1.29 is 4.79 Å². The highest BCUT2D eigenvalue weighted by Crippen LogP contribution is 2.64. The predicted octanol–water partition coefficient (Wildman–Crippen LogP) is 4.81. The first-order valence-electron chi connectivity index (χ1n) is 11.2. The summed E-state index contributed by atoms with van der Waals surface area (Å²) in [5.74, 6) is 2.42. The van der Waals surface area contributed by atoms with Crippen molar-refractivity contribution in [3.63, 3.8) is 0 Å². The Morgan fingerprint density at radius 1 is 0.966 bits per heavy atom. The van der Waals surface area contributed by atoms with Crippen molar-refractivity contribution in [1.29, 1.82) is 0 Å². The van der Waals surface area contributed by atoms with Crippen LogP contribution in [0.15, 0.2) is 42.0 Å². The third kappa shape index (κ3) is 2.35. The number of hydrogen-bond donors (Lipinski definition) is 0. The molecule has 4 aliphatic rings. The summed E-state index contributed by atoms with van der Waals surface area (Å²) in [6.07, 6.45) is 9.61. The summed E-state index contributed by atoms with van der Waals surface area (Å²) in [4.78, 5) is 13.9. The first-order chi connectivity index (χ1) is 14.0. The zero-order valence-electron chi connectivity index (χ0n) is 17.4. The topological polar surface area (TPSA) is 47.8 Å². The first-order valence-corrected chi connectivity index (χ1v) is 11.2. The van der Waals surface area contributed by atoms with Crippen molar-refractivity contribution in [1.82, 2.24) is 15.0 Å². The van der Waals surface area contributed by atoms with Crippen LogP contribution in [0.1, 0.15) is 63.8 Å². The molecule has 2 aromatic rings. The third-order valence-electron chi connectivity index (χ3n) is 8.98. The van der Waals surface area contributed by atoms with Gasteiger partial charge >= 0.3 is 0 Å². The summed E-state index contributed by atoms with van der Waals surface area (Å²) in [7, 11) is 0. The van der Waals surface area contributed by atoms with Crippen molar-refractivity contribution in [3.05, 3.63) is 53.4 Å². The van der Waals surface area contributed by atoms with Crippen LogP contribution in [-0.2, 0) is 16.6 Å². The van der Waals surface area contributed by atoms with Crippen LogP contribution >= 0.6 is 0 Å². The molecule has 6 rings (SSSR count). The molecule has 5 unspecified atom stereocenters. The van der Waals surface area contributed by atoms with Gasteiger partial charge in [0.05, 0.1) is 17.1 Å². The standard InChI is InChI=1S/C25H29N3O/c1-24-12-10-18(29)14-16(24)8-9-19-20(24)11-13-25(2)21(19)15-22-23(25)27-28(26-22)17-6-4-3-5-7-17/h3-7,14,19-21H,8-13,15H2,1-2H3. The van der Waals surface area contributed by atoms with Crippen LogP contribution in [-0.4, -0.2) is 20.8 Å². The minimum atomic E-state index is 0.144. The second-order valence-electron chi connectivity index (χ2n) is 10.2. The van der Waals surface area contributed by atoms with Crippen molar-refractivity contribution in [3.8, 4) is 5.69 Å². The molecule has 4 heteroatoms. The number of para-hydroxylation sites is 1. The summed E-state index contributed by atoms with van der Waals surface area (Å²) in [5, 5.41) is 9.94. The number of nitrogens with zero attached hydrogens (tertiary/aromatic N) is 3. The van der Waals surface area contributed by atoms with E-state index >= 15 is 0 Å². The molecule has 1 aromatic heterocycles. The first kappa shape index (κ1) is 17.6. The Hall–Kier alpha value is -2.23. The molecule has 1 aromatic carbocycles. The number of carbonyl (C=O) groups excluding carboxylic acids is 1. The quantitative estimate of drug-likeness (QED) is 0.705. The van der Waals surface area contributed by atoms with E-state index in [0.717, 1.165) is 37.3 Å². The van der Waals surface area contributed by atoms with E-state index in [1.54, 1.807) is 0 Å². The maximum absolute atomic E-state index is 12.0. The third-order valence-corrected chi connectivity index (χ3v) is 8.98. The Morgan fingerprint density at radius 3 is 2.62 bits per heavy atom. The predicted molar refractivity (Wildman–Crippen MR) is 112 cm³/mol. The molecule has 0 radical (unpaired) electrons. The van der Waals surface area contributed by atoms with Gasteiger partial charge in [-0.3, -0.25) is 4.79 Å². The van der Waals surface area contributed by atoms with Gasteiger partial charge in [-0.25, -0.2) is 0 Å². The Bertz CT molecular complexity index is 1020. The van der Waals surface area contributed by atoms with E-state index in [1.807, 2.05) is 29.1 Å². The van der Waals surface area contributed by atoms with Gasteiger partial charge in [-0.05, 0) is 79.9 Å². The highest BCUT2D eigenvalue weighted by molar-refractivity contribution is 5.91. The molecule has 0 aliphatic heterocycles. The molecular weight excluding hydrogens is 358 g/mol. The summed E-state index contributed by atoms with van der Waals surface area (Å²) >= 11 is 0. The smallest absolute Gasteiger partial charge is 0.155 e. The van der Waals surface area contributed by atoms with Crippen LogP contribution in [0, 0.1) is 23.2 Å². The molecule has 0 amide bonds. The molecule has 4 nitrogen and oxygen atoms in total. The lowest BCUT2D eigenvalue weighted by molar-refractivity contribution is -0.117. The van der Waals surface area contributed by atoms with E-state index in [-0.39, 0.29) is 10.8 Å². The summed E-state index contributed by atoms with van der Waals surface area (Å²) in [6, 6.07) is 10.3. The molecule has 5 atom stereocenters. The summed E-state index contributed by atoms with van der Waals surface area (Å²) < 4.78 is 0. The molecule has 4 aliphatic carbocycles. The minimum absolute atomic E-state index is 0.144. The van der Waals surface area contributed by atoms with Crippen LogP contribution in [0.25, 0.3) is 5.69 Å². The molecule has 1 heterocycles. The number of rotatable bonds is 1. The van der Waals surface area contributed by atoms with E-state index in [0.29, 0.717) is 17.6 Å². The van der Waals surface area contributed by atoms with Gasteiger partial charge in [0.15, 0.2) is 5.78 Å². The van der Waals surface area contributed by atoms with Crippen molar-refractivity contribution in [2.75, 3.05) is 0 Å². The van der Waals surface area contributed by atoms with Gasteiger partial charge in [0.1, 0.15) is 0 Å². The largest absolute Gasteiger partial charge is 0.295 e. The van der Waals surface area contributed by atoms with E-state index < -0.39 is 0 Å². The lowest BCUT2D eigenvalue weighted by Crippen LogP contribution is -2.51. The van der Waals surface area contributed by atoms with Crippen molar-refractivity contribution in [2.24, 2.45) is 23.2 Å². The number of benzene rings is 1. The van der Waals surface area contributed by atoms with E-state index in [2.05, 4.69) is 26.0 Å². The van der Waals surface area contributed by atoms with Gasteiger partial charge in [0, 0.05) is 11.8 Å². The Morgan fingerprint density at radius 2 is 1.79 bits per heavy atom. The molecule has 0 spiro atoms. The molecule has 150 valence electrons. The molecular formula is C25H29N3O. The number of allylic oxidation sites excluding steroid dienone is 2. The molecule has 0 N–H and O–H groups in total. The molecule has 2 saturated carbocycles. The fourth-order valence-corrected chi connectivity index (χ4v) is 7.35. The van der Waals surface area contributed by atoms with Gasteiger partial charge in [-0.1, -0.05) is 37.6 Å². The lowest BCUT2D eigenvalue weighted by atomic mass is 9.47. The summed E-state index contributed by atoms with van der Waals surface area (Å²) in [6.45, 7) is 4.90. The number of carbonyl (C=O) groups is 1. The van der Waals surface area contributed by atoms with Crippen LogP contribution in [0.4, 0.5) is 0 Å². The number of ketones is 1. The fourth-order valence-electron chi connectivity index (χ4n) is 7.35. The number of aromatic nitrogens is 3. The monoisotopic (exact) mass is 387 g/mol. The van der Waals surface area contributed by atoms with Crippen LogP contribution in [0.2, 0.25) is 0 Å². The fraction of sp³-hybridized carbons (Fsp3) is 0.560. The second kappa shape index (κ2) is 5.90. The van der Waals surface area contributed by atoms with Crippen LogP contribution in [0.3, 0.4) is 0 Å². The van der Waals surface area contributed by atoms with E-state index in [9.17, 15) is 4.79 Å². The number of hydrogen-bond acceptors (Lipinski definition) is 3. The zero-order valence-corrected chi connectivity index (χ0v) is 17.4. The van der Waals surface area contributed by atoms with Crippen LogP contribution in [0.5, 0.6) is 0 Å². The maximum atomic E-state index is 12.0. The molecule has 2 fully saturated rings. The second-order valence-corrected chi connectivity index (χ2v) is 10.2. The normalized spacial score (nSPS) is 37.9. The van der Waals surface area contributed by atoms with E-state index in [4.69, 9.17) is 10.2 Å². The van der Waals surface area contributed by atoms with Gasteiger partial charge in [0.25, 0.3) is 0 Å². The highest BCUT2D eigenvalue weighted by atomic mass is 16.1. The molecule has 29 heavy (non-hydrogen) atoms. The van der Waals surface area contributed by atoms with Crippen LogP contribution < -0.4 is 0 Å². The van der Waals surface area contributed by atoms with Gasteiger partial charge in [-0.15, -0.1) is 0 Å². The molecule has 0 saturated heterocycles. The molecule has 0 bridgehead atoms. The lowest BCUT2D eigenvalue weighted by Gasteiger charge is -2.57. The Balaban J connectivity index is 1.35. The average molecular weight is 388 g/mol. The van der Waals surface area contributed by atoms with E-state index in [1.165, 1.54) is 36.2 Å². The van der Waals surface area contributed by atoms with Gasteiger partial charge in [0.2, 0.25) is 0 Å². The Kier molecular flexibility index (Phi) is 3.58. The Labute approximate surface area is 172 Å². The highest BCUT2D eigenvalue weighted by Gasteiger charge is 2.59. The van der Waals surface area contributed by atoms with Gasteiger partial charge < -0.3 is 0 Å². The summed E-state index contributed by atoms with van der Waals surface area (Å²) in [5.41, 5.74) is 5.33. The SMILES string of the molecule is CC12CCC(=O)C=C1CCC1C2CCC2(C)c3nn(-c4ccccc4)nc3CC12. The average Bonchev–Trinajstić information content (AvgIpc) is 3.27.